The fourth-order valence-electron chi connectivity index (χ4n) is 1.60. The van der Waals surface area contributed by atoms with E-state index >= 15 is 0 Å². The van der Waals surface area contributed by atoms with Crippen LogP contribution in [0.4, 0.5) is 4.79 Å². The van der Waals surface area contributed by atoms with Crippen molar-refractivity contribution in [2.75, 3.05) is 0 Å². The third-order valence-electron chi connectivity index (χ3n) is 2.41. The molecule has 2 aromatic rings. The maximum atomic E-state index is 11.5. The van der Waals surface area contributed by atoms with Crippen molar-refractivity contribution in [1.29, 1.82) is 0 Å². The zero-order valence-electron chi connectivity index (χ0n) is 12.0. The summed E-state index contributed by atoms with van der Waals surface area (Å²) >= 11 is 0. The normalized spacial score (nSPS) is 11.4. The third-order valence-corrected chi connectivity index (χ3v) is 2.41. The highest BCUT2D eigenvalue weighted by Crippen LogP contribution is 2.07. The first-order valence-electron chi connectivity index (χ1n) is 6.30. The van der Waals surface area contributed by atoms with Crippen LogP contribution in [0.2, 0.25) is 0 Å². The first-order chi connectivity index (χ1) is 9.74. The molecule has 0 atom stereocenters. The molecule has 0 fully saturated rings. The van der Waals surface area contributed by atoms with Crippen LogP contribution in [0.15, 0.2) is 18.3 Å². The van der Waals surface area contributed by atoms with Gasteiger partial charge in [0.1, 0.15) is 5.60 Å². The molecule has 2 N–H and O–H groups in total. The van der Waals surface area contributed by atoms with Gasteiger partial charge in [-0.25, -0.2) is 19.1 Å². The van der Waals surface area contributed by atoms with Crippen LogP contribution in [-0.4, -0.2) is 37.4 Å². The largest absolute Gasteiger partial charge is 0.478 e. The van der Waals surface area contributed by atoms with Crippen molar-refractivity contribution in [3.8, 4) is 0 Å². The lowest BCUT2D eigenvalue weighted by Crippen LogP contribution is -2.32. The lowest BCUT2D eigenvalue weighted by molar-refractivity contribution is 0.0521. The Morgan fingerprint density at radius 1 is 1.38 bits per heavy atom. The van der Waals surface area contributed by atoms with E-state index in [0.29, 0.717) is 11.5 Å². The van der Waals surface area contributed by atoms with Crippen LogP contribution in [0.3, 0.4) is 0 Å². The zero-order chi connectivity index (χ0) is 15.6. The summed E-state index contributed by atoms with van der Waals surface area (Å²) in [6, 6.07) is 2.99. The van der Waals surface area contributed by atoms with Gasteiger partial charge in [-0.3, -0.25) is 0 Å². The molecule has 0 aliphatic heterocycles. The summed E-state index contributed by atoms with van der Waals surface area (Å²) in [5.74, 6) is -0.677. The number of carboxylic acid groups (broad SMARTS) is 1. The molecule has 2 heterocycles. The van der Waals surface area contributed by atoms with Crippen LogP contribution in [0.5, 0.6) is 0 Å². The summed E-state index contributed by atoms with van der Waals surface area (Å²) in [7, 11) is 0. The first kappa shape index (κ1) is 14.8. The van der Waals surface area contributed by atoms with Crippen molar-refractivity contribution < 1.29 is 19.4 Å². The fraction of sp³-hybridized carbons (Fsp3) is 0.385. The molecule has 2 rings (SSSR count). The molecule has 0 aliphatic carbocycles. The summed E-state index contributed by atoms with van der Waals surface area (Å²) in [5.41, 5.74) is 0.0346. The van der Waals surface area contributed by atoms with Crippen molar-refractivity contribution in [2.45, 2.75) is 32.9 Å². The SMILES string of the molecule is CC(C)(C)OC(=O)NCc1nc2ccc(C(=O)O)cn2n1. The number of fused-ring (bicyclic) bond motifs is 1. The molecule has 0 aliphatic rings. The average molecular weight is 292 g/mol. The van der Waals surface area contributed by atoms with Gasteiger partial charge in [-0.15, -0.1) is 5.10 Å². The molecule has 0 spiro atoms. The van der Waals surface area contributed by atoms with Gasteiger partial charge < -0.3 is 15.2 Å². The van der Waals surface area contributed by atoms with Crippen LogP contribution >= 0.6 is 0 Å². The van der Waals surface area contributed by atoms with Gasteiger partial charge in [0.25, 0.3) is 0 Å². The number of aromatic carboxylic acids is 1. The number of nitrogens with zero attached hydrogens (tertiary/aromatic N) is 3. The molecule has 8 nitrogen and oxygen atoms in total. The molecule has 0 bridgehead atoms. The molecule has 112 valence electrons. The van der Waals surface area contributed by atoms with Crippen LogP contribution < -0.4 is 5.32 Å². The first-order valence-corrected chi connectivity index (χ1v) is 6.30. The third kappa shape index (κ3) is 3.91. The number of rotatable bonds is 3. The van der Waals surface area contributed by atoms with E-state index in [9.17, 15) is 9.59 Å². The summed E-state index contributed by atoms with van der Waals surface area (Å²) in [6.45, 7) is 5.40. The molecule has 8 heteroatoms. The molecule has 1 amide bonds. The number of hydrogen-bond acceptors (Lipinski definition) is 5. The minimum Gasteiger partial charge on any atom is -0.478 e. The summed E-state index contributed by atoms with van der Waals surface area (Å²) in [6.07, 6.45) is 0.800. The molecule has 0 saturated heterocycles. The molecule has 0 aromatic carbocycles. The topological polar surface area (TPSA) is 106 Å². The van der Waals surface area contributed by atoms with E-state index in [1.807, 2.05) is 0 Å². The van der Waals surface area contributed by atoms with E-state index in [0.717, 1.165) is 0 Å². The standard InChI is InChI=1S/C13H16N4O4/c1-13(2,3)21-12(20)14-6-9-15-10-5-4-8(11(18)19)7-17(10)16-9/h4-5,7H,6H2,1-3H3,(H,14,20)(H,18,19). The van der Waals surface area contributed by atoms with Crippen molar-refractivity contribution in [1.82, 2.24) is 19.9 Å². The molecule has 0 radical (unpaired) electrons. The number of carboxylic acids is 1. The van der Waals surface area contributed by atoms with E-state index in [2.05, 4.69) is 15.4 Å². The van der Waals surface area contributed by atoms with Crippen molar-refractivity contribution in [3.05, 3.63) is 29.7 Å². The van der Waals surface area contributed by atoms with Gasteiger partial charge in [-0.1, -0.05) is 0 Å². The number of carbonyl (C=O) groups excluding carboxylic acids is 1. The number of carbonyl (C=O) groups is 2. The fourth-order valence-corrected chi connectivity index (χ4v) is 1.60. The quantitative estimate of drug-likeness (QED) is 0.887. The molecular formula is C13H16N4O4. The Morgan fingerprint density at radius 3 is 2.71 bits per heavy atom. The average Bonchev–Trinajstić information content (AvgIpc) is 2.75. The number of hydrogen-bond donors (Lipinski definition) is 2. The molecular weight excluding hydrogens is 276 g/mol. The van der Waals surface area contributed by atoms with Gasteiger partial charge in [0.2, 0.25) is 0 Å². The predicted octanol–water partition coefficient (Wildman–Crippen LogP) is 1.45. The Balaban J connectivity index is 2.06. The molecule has 21 heavy (non-hydrogen) atoms. The van der Waals surface area contributed by atoms with Gasteiger partial charge >= 0.3 is 12.1 Å². The number of ether oxygens (including phenoxy) is 1. The van der Waals surface area contributed by atoms with E-state index in [1.54, 1.807) is 26.8 Å². The number of nitrogens with one attached hydrogen (secondary N) is 1. The summed E-state index contributed by atoms with van der Waals surface area (Å²) in [4.78, 5) is 26.6. The van der Waals surface area contributed by atoms with Crippen LogP contribution in [0.1, 0.15) is 37.0 Å². The maximum Gasteiger partial charge on any atom is 0.408 e. The molecule has 0 saturated carbocycles. The van der Waals surface area contributed by atoms with Crippen molar-refractivity contribution >= 4 is 17.7 Å². The molecule has 0 unspecified atom stereocenters. The Labute approximate surface area is 120 Å². The van der Waals surface area contributed by atoms with E-state index in [1.165, 1.54) is 16.8 Å². The van der Waals surface area contributed by atoms with Crippen LogP contribution in [0, 0.1) is 0 Å². The number of amides is 1. The lowest BCUT2D eigenvalue weighted by atomic mass is 10.2. The Morgan fingerprint density at radius 2 is 2.10 bits per heavy atom. The van der Waals surface area contributed by atoms with Crippen molar-refractivity contribution in [3.63, 3.8) is 0 Å². The van der Waals surface area contributed by atoms with Gasteiger partial charge in [0.15, 0.2) is 11.5 Å². The highest BCUT2D eigenvalue weighted by Gasteiger charge is 2.16. The number of pyridine rings is 1. The van der Waals surface area contributed by atoms with Crippen LogP contribution in [-0.2, 0) is 11.3 Å². The van der Waals surface area contributed by atoms with Crippen molar-refractivity contribution in [2.24, 2.45) is 0 Å². The Hall–Kier alpha value is -2.64. The minimum absolute atomic E-state index is 0.0962. The number of aromatic nitrogens is 3. The second-order valence-corrected chi connectivity index (χ2v) is 5.41. The van der Waals surface area contributed by atoms with E-state index in [-0.39, 0.29) is 12.1 Å². The van der Waals surface area contributed by atoms with Gasteiger partial charge in [-0.2, -0.15) is 0 Å². The van der Waals surface area contributed by atoms with Crippen LogP contribution in [0.25, 0.3) is 5.65 Å². The monoisotopic (exact) mass is 292 g/mol. The van der Waals surface area contributed by atoms with Gasteiger partial charge in [0.05, 0.1) is 12.1 Å². The predicted molar refractivity (Wildman–Crippen MR) is 73.0 cm³/mol. The Kier molecular flexibility index (Phi) is 3.79. The summed E-state index contributed by atoms with van der Waals surface area (Å²) in [5, 5.41) is 15.5. The zero-order valence-corrected chi connectivity index (χ0v) is 12.0. The van der Waals surface area contributed by atoms with Gasteiger partial charge in [-0.05, 0) is 32.9 Å². The second kappa shape index (κ2) is 5.39. The number of alkyl carbamates (subject to hydrolysis) is 1. The highest BCUT2D eigenvalue weighted by molar-refractivity contribution is 5.87. The van der Waals surface area contributed by atoms with Gasteiger partial charge in [0, 0.05) is 6.20 Å². The minimum atomic E-state index is -1.04. The lowest BCUT2D eigenvalue weighted by Gasteiger charge is -2.19. The smallest absolute Gasteiger partial charge is 0.408 e. The Bertz CT molecular complexity index is 687. The van der Waals surface area contributed by atoms with E-state index in [4.69, 9.17) is 9.84 Å². The summed E-state index contributed by atoms with van der Waals surface area (Å²) < 4.78 is 6.45. The second-order valence-electron chi connectivity index (χ2n) is 5.41. The molecule has 2 aromatic heterocycles. The maximum absolute atomic E-state index is 11.5. The van der Waals surface area contributed by atoms with E-state index < -0.39 is 17.7 Å². The highest BCUT2D eigenvalue weighted by atomic mass is 16.6.